The number of hydrogen-bond donors (Lipinski definition) is 1. The minimum absolute atomic E-state index is 0.0192. The van der Waals surface area contributed by atoms with E-state index in [-0.39, 0.29) is 6.04 Å². The molecule has 1 aromatic rings. The van der Waals surface area contributed by atoms with Crippen LogP contribution in [0.25, 0.3) is 0 Å². The summed E-state index contributed by atoms with van der Waals surface area (Å²) in [5.74, 6) is 0. The number of hydrogen-bond acceptors (Lipinski definition) is 2. The summed E-state index contributed by atoms with van der Waals surface area (Å²) in [5, 5.41) is 3.41. The third kappa shape index (κ3) is 3.23. The zero-order chi connectivity index (χ0) is 11.6. The SMILES string of the molecule is C[C@H](N)CCc1cc(C(F)(F)F)nn1C. The molecule has 1 rings (SSSR count). The van der Waals surface area contributed by atoms with Crippen molar-refractivity contribution in [3.8, 4) is 0 Å². The Hall–Kier alpha value is -1.04. The van der Waals surface area contributed by atoms with Gasteiger partial charge in [0.25, 0.3) is 0 Å². The Morgan fingerprint density at radius 1 is 1.53 bits per heavy atom. The van der Waals surface area contributed by atoms with Gasteiger partial charge in [0, 0.05) is 18.8 Å². The van der Waals surface area contributed by atoms with E-state index in [4.69, 9.17) is 5.73 Å². The normalized spacial score (nSPS) is 14.3. The van der Waals surface area contributed by atoms with Crippen LogP contribution in [0.2, 0.25) is 0 Å². The van der Waals surface area contributed by atoms with E-state index in [0.29, 0.717) is 18.5 Å². The molecule has 15 heavy (non-hydrogen) atoms. The van der Waals surface area contributed by atoms with Gasteiger partial charge in [-0.2, -0.15) is 18.3 Å². The molecule has 0 aliphatic carbocycles. The Morgan fingerprint density at radius 2 is 2.13 bits per heavy atom. The van der Waals surface area contributed by atoms with Gasteiger partial charge in [-0.05, 0) is 25.8 Å². The van der Waals surface area contributed by atoms with Gasteiger partial charge in [-0.15, -0.1) is 0 Å². The van der Waals surface area contributed by atoms with E-state index in [1.165, 1.54) is 11.7 Å². The quantitative estimate of drug-likeness (QED) is 0.844. The first-order valence-electron chi connectivity index (χ1n) is 4.66. The van der Waals surface area contributed by atoms with Gasteiger partial charge in [0.15, 0.2) is 5.69 Å². The van der Waals surface area contributed by atoms with Crippen LogP contribution in [0.15, 0.2) is 6.07 Å². The van der Waals surface area contributed by atoms with E-state index in [0.717, 1.165) is 6.07 Å². The molecule has 0 aliphatic rings. The standard InChI is InChI=1S/C9H14F3N3/c1-6(13)3-4-7-5-8(9(10,11)12)14-15(7)2/h5-6H,3-4,13H2,1-2H3/t6-/m0/s1. The number of nitrogens with two attached hydrogens (primary N) is 1. The van der Waals surface area contributed by atoms with E-state index in [1.807, 2.05) is 6.92 Å². The molecule has 86 valence electrons. The van der Waals surface area contributed by atoms with Crippen molar-refractivity contribution in [1.82, 2.24) is 9.78 Å². The number of alkyl halides is 3. The molecular formula is C9H14F3N3. The highest BCUT2D eigenvalue weighted by molar-refractivity contribution is 5.13. The summed E-state index contributed by atoms with van der Waals surface area (Å²) in [6, 6.07) is 1.05. The lowest BCUT2D eigenvalue weighted by Crippen LogP contribution is -2.16. The highest BCUT2D eigenvalue weighted by Crippen LogP contribution is 2.28. The Labute approximate surface area is 86.1 Å². The molecule has 0 saturated heterocycles. The van der Waals surface area contributed by atoms with Crippen molar-refractivity contribution in [1.29, 1.82) is 0 Å². The molecule has 3 nitrogen and oxygen atoms in total. The van der Waals surface area contributed by atoms with Crippen molar-refractivity contribution in [2.45, 2.75) is 32.0 Å². The first kappa shape index (κ1) is 12.0. The molecule has 0 bridgehead atoms. The summed E-state index contributed by atoms with van der Waals surface area (Å²) >= 11 is 0. The second-order valence-corrected chi connectivity index (χ2v) is 3.66. The summed E-state index contributed by atoms with van der Waals surface area (Å²) < 4.78 is 38.1. The van der Waals surface area contributed by atoms with Gasteiger partial charge >= 0.3 is 6.18 Å². The number of nitrogens with zero attached hydrogens (tertiary/aromatic N) is 2. The molecule has 6 heteroatoms. The third-order valence-electron chi connectivity index (χ3n) is 2.12. The Morgan fingerprint density at radius 3 is 2.53 bits per heavy atom. The Bertz CT molecular complexity index is 328. The van der Waals surface area contributed by atoms with Crippen molar-refractivity contribution in [2.75, 3.05) is 0 Å². The number of halogens is 3. The van der Waals surface area contributed by atoms with E-state index < -0.39 is 11.9 Å². The van der Waals surface area contributed by atoms with Gasteiger partial charge in [-0.1, -0.05) is 0 Å². The van der Waals surface area contributed by atoms with Gasteiger partial charge in [0.2, 0.25) is 0 Å². The summed E-state index contributed by atoms with van der Waals surface area (Å²) in [6.07, 6.45) is -3.21. The van der Waals surface area contributed by atoms with Crippen molar-refractivity contribution < 1.29 is 13.2 Å². The van der Waals surface area contributed by atoms with Crippen LogP contribution in [-0.4, -0.2) is 15.8 Å². The molecule has 1 heterocycles. The van der Waals surface area contributed by atoms with Gasteiger partial charge in [0.05, 0.1) is 0 Å². The Balaban J connectivity index is 2.78. The van der Waals surface area contributed by atoms with Crippen LogP contribution >= 0.6 is 0 Å². The second kappa shape index (κ2) is 4.22. The van der Waals surface area contributed by atoms with Crippen molar-refractivity contribution >= 4 is 0 Å². The molecule has 0 saturated carbocycles. The molecule has 0 amide bonds. The van der Waals surface area contributed by atoms with Crippen LogP contribution in [0.1, 0.15) is 24.7 Å². The molecule has 0 spiro atoms. The van der Waals surface area contributed by atoms with E-state index in [1.54, 1.807) is 0 Å². The topological polar surface area (TPSA) is 43.8 Å². The third-order valence-corrected chi connectivity index (χ3v) is 2.12. The average Bonchev–Trinajstić information content (AvgIpc) is 2.42. The van der Waals surface area contributed by atoms with Crippen molar-refractivity contribution in [3.05, 3.63) is 17.5 Å². The lowest BCUT2D eigenvalue weighted by molar-refractivity contribution is -0.141. The van der Waals surface area contributed by atoms with E-state index in [2.05, 4.69) is 5.10 Å². The van der Waals surface area contributed by atoms with Crippen LogP contribution in [-0.2, 0) is 19.6 Å². The molecule has 0 fully saturated rings. The maximum Gasteiger partial charge on any atom is 0.435 e. The molecule has 1 aromatic heterocycles. The molecule has 0 aliphatic heterocycles. The van der Waals surface area contributed by atoms with E-state index >= 15 is 0 Å². The fraction of sp³-hybridized carbons (Fsp3) is 0.667. The largest absolute Gasteiger partial charge is 0.435 e. The lowest BCUT2D eigenvalue weighted by atomic mass is 10.1. The lowest BCUT2D eigenvalue weighted by Gasteiger charge is -2.04. The molecule has 0 radical (unpaired) electrons. The molecular weight excluding hydrogens is 207 g/mol. The minimum atomic E-state index is -4.37. The number of aryl methyl sites for hydroxylation is 2. The molecule has 1 atom stereocenters. The van der Waals surface area contributed by atoms with Crippen LogP contribution in [0.4, 0.5) is 13.2 Å². The number of aromatic nitrogens is 2. The summed E-state index contributed by atoms with van der Waals surface area (Å²) in [6.45, 7) is 1.82. The van der Waals surface area contributed by atoms with Gasteiger partial charge in [-0.25, -0.2) is 0 Å². The first-order chi connectivity index (χ1) is 6.80. The van der Waals surface area contributed by atoms with Crippen LogP contribution in [0.5, 0.6) is 0 Å². The minimum Gasteiger partial charge on any atom is -0.328 e. The van der Waals surface area contributed by atoms with Gasteiger partial charge < -0.3 is 5.73 Å². The van der Waals surface area contributed by atoms with Crippen molar-refractivity contribution in [2.24, 2.45) is 12.8 Å². The fourth-order valence-corrected chi connectivity index (χ4v) is 1.25. The van der Waals surface area contributed by atoms with Crippen LogP contribution < -0.4 is 5.73 Å². The van der Waals surface area contributed by atoms with Crippen LogP contribution in [0, 0.1) is 0 Å². The summed E-state index contributed by atoms with van der Waals surface area (Å²) in [5.41, 5.74) is 5.24. The zero-order valence-corrected chi connectivity index (χ0v) is 8.67. The molecule has 2 N–H and O–H groups in total. The summed E-state index contributed by atoms with van der Waals surface area (Å²) in [7, 11) is 1.51. The first-order valence-corrected chi connectivity index (χ1v) is 4.66. The smallest absolute Gasteiger partial charge is 0.328 e. The predicted octanol–water partition coefficient (Wildman–Crippen LogP) is 1.72. The monoisotopic (exact) mass is 221 g/mol. The van der Waals surface area contributed by atoms with Gasteiger partial charge in [-0.3, -0.25) is 4.68 Å². The average molecular weight is 221 g/mol. The molecule has 0 unspecified atom stereocenters. The number of rotatable bonds is 3. The van der Waals surface area contributed by atoms with Crippen LogP contribution in [0.3, 0.4) is 0 Å². The maximum absolute atomic E-state index is 12.3. The highest BCUT2D eigenvalue weighted by Gasteiger charge is 2.34. The second-order valence-electron chi connectivity index (χ2n) is 3.66. The van der Waals surface area contributed by atoms with Gasteiger partial charge in [0.1, 0.15) is 0 Å². The fourth-order valence-electron chi connectivity index (χ4n) is 1.25. The summed E-state index contributed by atoms with van der Waals surface area (Å²) in [4.78, 5) is 0. The van der Waals surface area contributed by atoms with E-state index in [9.17, 15) is 13.2 Å². The highest BCUT2D eigenvalue weighted by atomic mass is 19.4. The molecule has 0 aromatic carbocycles. The van der Waals surface area contributed by atoms with Crippen molar-refractivity contribution in [3.63, 3.8) is 0 Å². The predicted molar refractivity (Wildman–Crippen MR) is 50.2 cm³/mol. The maximum atomic E-state index is 12.3. The zero-order valence-electron chi connectivity index (χ0n) is 8.67. The Kier molecular flexibility index (Phi) is 3.38.